The SMILES string of the molecule is CCCCCCCCCCCCOC(C)=O.[Na]. The Morgan fingerprint density at radius 2 is 1.24 bits per heavy atom. The Morgan fingerprint density at radius 3 is 1.65 bits per heavy atom. The molecule has 0 rings (SSSR count). The van der Waals surface area contributed by atoms with E-state index in [2.05, 4.69) is 6.92 Å². The Balaban J connectivity index is 0. The van der Waals surface area contributed by atoms with Crippen LogP contribution in [0.1, 0.15) is 78.1 Å². The average Bonchev–Trinajstić information content (AvgIpc) is 2.25. The van der Waals surface area contributed by atoms with Gasteiger partial charge in [0, 0.05) is 36.5 Å². The molecule has 0 N–H and O–H groups in total. The maximum Gasteiger partial charge on any atom is 0.302 e. The Labute approximate surface area is 129 Å². The smallest absolute Gasteiger partial charge is 0.302 e. The molecule has 0 spiro atoms. The van der Waals surface area contributed by atoms with Gasteiger partial charge in [0.2, 0.25) is 0 Å². The molecule has 0 aliphatic heterocycles. The van der Waals surface area contributed by atoms with Gasteiger partial charge in [-0.2, -0.15) is 0 Å². The summed E-state index contributed by atoms with van der Waals surface area (Å²) in [6.07, 6.45) is 13.1. The third-order valence-corrected chi connectivity index (χ3v) is 2.80. The summed E-state index contributed by atoms with van der Waals surface area (Å²) in [6.45, 7) is 4.32. The van der Waals surface area contributed by atoms with Gasteiger partial charge in [-0.1, -0.05) is 64.7 Å². The molecule has 2 nitrogen and oxygen atoms in total. The molecule has 0 saturated heterocycles. The standard InChI is InChI=1S/C14H28O2.Na/c1-3-4-5-6-7-8-9-10-11-12-13-16-14(2)15;/h3-13H2,1-2H3;. The molecule has 0 aliphatic carbocycles. The quantitative estimate of drug-likeness (QED) is 0.314. The van der Waals surface area contributed by atoms with Gasteiger partial charge in [-0.3, -0.25) is 4.79 Å². The zero-order valence-electron chi connectivity index (χ0n) is 12.1. The first-order valence-corrected chi connectivity index (χ1v) is 6.90. The Hall–Kier alpha value is 0.470. The van der Waals surface area contributed by atoms with Gasteiger partial charge in [0.15, 0.2) is 0 Å². The number of hydrogen-bond donors (Lipinski definition) is 0. The molecule has 17 heavy (non-hydrogen) atoms. The predicted octanol–water partition coefficient (Wildman–Crippen LogP) is 4.09. The van der Waals surface area contributed by atoms with E-state index in [1.807, 2.05) is 0 Å². The van der Waals surface area contributed by atoms with E-state index in [0.29, 0.717) is 6.61 Å². The summed E-state index contributed by atoms with van der Waals surface area (Å²) in [7, 11) is 0. The Morgan fingerprint density at radius 1 is 0.824 bits per heavy atom. The van der Waals surface area contributed by atoms with Crippen LogP contribution in [0.4, 0.5) is 0 Å². The fraction of sp³-hybridized carbons (Fsp3) is 0.929. The largest absolute Gasteiger partial charge is 0.466 e. The summed E-state index contributed by atoms with van der Waals surface area (Å²) in [6, 6.07) is 0. The van der Waals surface area contributed by atoms with Crippen LogP contribution in [0.2, 0.25) is 0 Å². The van der Waals surface area contributed by atoms with Gasteiger partial charge < -0.3 is 4.74 Å². The summed E-state index contributed by atoms with van der Waals surface area (Å²) in [5.74, 6) is -0.157. The first-order valence-electron chi connectivity index (χ1n) is 6.90. The molecule has 0 amide bonds. The summed E-state index contributed by atoms with van der Waals surface area (Å²) in [4.78, 5) is 10.5. The molecule has 0 aromatic carbocycles. The van der Waals surface area contributed by atoms with Crippen molar-refractivity contribution < 1.29 is 9.53 Å². The monoisotopic (exact) mass is 251 g/mol. The van der Waals surface area contributed by atoms with Crippen LogP contribution in [0.25, 0.3) is 0 Å². The van der Waals surface area contributed by atoms with Crippen LogP contribution in [-0.4, -0.2) is 42.1 Å². The number of hydrogen-bond acceptors (Lipinski definition) is 2. The van der Waals surface area contributed by atoms with Crippen molar-refractivity contribution >= 4 is 35.5 Å². The van der Waals surface area contributed by atoms with E-state index in [4.69, 9.17) is 4.74 Å². The van der Waals surface area contributed by atoms with Crippen LogP contribution >= 0.6 is 0 Å². The van der Waals surface area contributed by atoms with Crippen LogP contribution in [0, 0.1) is 0 Å². The minimum Gasteiger partial charge on any atom is -0.466 e. The third-order valence-electron chi connectivity index (χ3n) is 2.80. The van der Waals surface area contributed by atoms with Crippen LogP contribution in [0.5, 0.6) is 0 Å². The predicted molar refractivity (Wildman–Crippen MR) is 74.2 cm³/mol. The molecule has 97 valence electrons. The number of rotatable bonds is 11. The molecule has 0 saturated carbocycles. The first-order chi connectivity index (χ1) is 7.77. The van der Waals surface area contributed by atoms with E-state index in [9.17, 15) is 4.79 Å². The van der Waals surface area contributed by atoms with Crippen molar-refractivity contribution in [3.8, 4) is 0 Å². The maximum atomic E-state index is 10.5. The fourth-order valence-corrected chi connectivity index (χ4v) is 1.81. The molecule has 0 aliphatic rings. The van der Waals surface area contributed by atoms with Gasteiger partial charge in [-0.25, -0.2) is 0 Å². The maximum absolute atomic E-state index is 10.5. The van der Waals surface area contributed by atoms with E-state index in [0.717, 1.165) is 6.42 Å². The molecular weight excluding hydrogens is 223 g/mol. The molecule has 0 unspecified atom stereocenters. The molecule has 1 radical (unpaired) electrons. The van der Waals surface area contributed by atoms with Gasteiger partial charge in [0.1, 0.15) is 0 Å². The number of unbranched alkanes of at least 4 members (excludes halogenated alkanes) is 9. The molecule has 0 heterocycles. The van der Waals surface area contributed by atoms with Crippen molar-refractivity contribution in [3.05, 3.63) is 0 Å². The van der Waals surface area contributed by atoms with Gasteiger partial charge in [0.25, 0.3) is 0 Å². The van der Waals surface area contributed by atoms with Crippen LogP contribution in [0.15, 0.2) is 0 Å². The van der Waals surface area contributed by atoms with E-state index < -0.39 is 0 Å². The molecular formula is C14H28NaO2. The van der Waals surface area contributed by atoms with Crippen molar-refractivity contribution in [2.24, 2.45) is 0 Å². The van der Waals surface area contributed by atoms with E-state index in [1.165, 1.54) is 64.7 Å². The van der Waals surface area contributed by atoms with E-state index in [1.54, 1.807) is 0 Å². The molecule has 3 heteroatoms. The molecule has 0 fully saturated rings. The summed E-state index contributed by atoms with van der Waals surface area (Å²) in [5.41, 5.74) is 0. The van der Waals surface area contributed by atoms with Crippen molar-refractivity contribution in [2.45, 2.75) is 78.1 Å². The van der Waals surface area contributed by atoms with Gasteiger partial charge >= 0.3 is 5.97 Å². The summed E-state index contributed by atoms with van der Waals surface area (Å²) >= 11 is 0. The number of esters is 1. The molecule has 0 bridgehead atoms. The summed E-state index contributed by atoms with van der Waals surface area (Å²) in [5, 5.41) is 0. The average molecular weight is 251 g/mol. The summed E-state index contributed by atoms with van der Waals surface area (Å²) < 4.78 is 4.87. The Kier molecular flexibility index (Phi) is 19.2. The number of carbonyl (C=O) groups excluding carboxylic acids is 1. The van der Waals surface area contributed by atoms with Crippen LogP contribution in [0.3, 0.4) is 0 Å². The van der Waals surface area contributed by atoms with Crippen LogP contribution < -0.4 is 0 Å². The third kappa shape index (κ3) is 19.0. The Bertz CT molecular complexity index is 160. The number of ether oxygens (including phenoxy) is 1. The number of carbonyl (C=O) groups is 1. The second-order valence-corrected chi connectivity index (χ2v) is 4.52. The topological polar surface area (TPSA) is 26.3 Å². The molecule has 0 atom stereocenters. The van der Waals surface area contributed by atoms with Crippen LogP contribution in [-0.2, 0) is 9.53 Å². The molecule has 0 aromatic rings. The van der Waals surface area contributed by atoms with Crippen molar-refractivity contribution in [1.82, 2.24) is 0 Å². The van der Waals surface area contributed by atoms with E-state index in [-0.39, 0.29) is 35.5 Å². The van der Waals surface area contributed by atoms with Gasteiger partial charge in [-0.05, 0) is 6.42 Å². The first kappa shape index (κ1) is 19.8. The minimum absolute atomic E-state index is 0. The second-order valence-electron chi connectivity index (χ2n) is 4.52. The zero-order chi connectivity index (χ0) is 12.1. The normalized spacial score (nSPS) is 9.76. The fourth-order valence-electron chi connectivity index (χ4n) is 1.81. The zero-order valence-corrected chi connectivity index (χ0v) is 14.1. The van der Waals surface area contributed by atoms with Gasteiger partial charge in [-0.15, -0.1) is 0 Å². The van der Waals surface area contributed by atoms with Gasteiger partial charge in [0.05, 0.1) is 6.61 Å². The van der Waals surface area contributed by atoms with Crippen molar-refractivity contribution in [1.29, 1.82) is 0 Å². The minimum atomic E-state index is -0.157. The molecule has 0 aromatic heterocycles. The second kappa shape index (κ2) is 16.5. The van der Waals surface area contributed by atoms with Crippen molar-refractivity contribution in [2.75, 3.05) is 6.61 Å². The van der Waals surface area contributed by atoms with Crippen molar-refractivity contribution in [3.63, 3.8) is 0 Å². The van der Waals surface area contributed by atoms with E-state index >= 15 is 0 Å².